The predicted octanol–water partition coefficient (Wildman–Crippen LogP) is 2.11. The van der Waals surface area contributed by atoms with E-state index in [1.807, 2.05) is 0 Å². The minimum absolute atomic E-state index is 0. The monoisotopic (exact) mass is 491 g/mol. The Morgan fingerprint density at radius 3 is 1.14 bits per heavy atom. The summed E-state index contributed by atoms with van der Waals surface area (Å²) in [5.74, 6) is -0.125. The number of aliphatic hydroxyl groups is 2. The van der Waals surface area contributed by atoms with Crippen LogP contribution >= 0.6 is 0 Å². The summed E-state index contributed by atoms with van der Waals surface area (Å²) in [6, 6.07) is 0. The predicted molar refractivity (Wildman–Crippen MR) is 109 cm³/mol. The van der Waals surface area contributed by atoms with Crippen LogP contribution in [0.5, 0.6) is 0 Å². The van der Waals surface area contributed by atoms with E-state index in [9.17, 15) is 14.4 Å². The van der Waals surface area contributed by atoms with Crippen LogP contribution in [0.4, 0.5) is 0 Å². The molecular weight excluding hydrogens is 456 g/mol. The number of ketones is 2. The summed E-state index contributed by atoms with van der Waals surface area (Å²) < 4.78 is 24.6. The van der Waals surface area contributed by atoms with Crippen molar-refractivity contribution in [1.29, 1.82) is 0 Å². The third-order valence-electron chi connectivity index (χ3n) is 2.40. The van der Waals surface area contributed by atoms with Gasteiger partial charge in [0.25, 0.3) is 0 Å². The van der Waals surface area contributed by atoms with Crippen LogP contribution in [-0.2, 0) is 53.1 Å². The van der Waals surface area contributed by atoms with E-state index in [0.717, 1.165) is 0 Å². The molecule has 0 radical (unpaired) electrons. The van der Waals surface area contributed by atoms with Crippen molar-refractivity contribution >= 4 is 29.4 Å². The molecule has 13 heteroatoms. The van der Waals surface area contributed by atoms with Crippen molar-refractivity contribution in [3.63, 3.8) is 0 Å². The maximum atomic E-state index is 10.0. The fourth-order valence-corrected chi connectivity index (χ4v) is 4.70. The van der Waals surface area contributed by atoms with E-state index in [1.165, 1.54) is 68.3 Å². The zero-order valence-corrected chi connectivity index (χ0v) is 22.4. The van der Waals surface area contributed by atoms with Crippen LogP contribution in [0.15, 0.2) is 23.7 Å². The van der Waals surface area contributed by atoms with Gasteiger partial charge in [-0.3, -0.25) is 9.59 Å². The van der Waals surface area contributed by atoms with E-state index >= 15 is 0 Å². The van der Waals surface area contributed by atoms with E-state index in [4.69, 9.17) is 32.0 Å². The Kier molecular flexibility index (Phi) is 27.6. The number of rotatable bonds is 8. The molecule has 3 N–H and O–H groups in total. The van der Waals surface area contributed by atoms with Gasteiger partial charge in [-0.05, 0) is 27.7 Å². The largest absolute Gasteiger partial charge is 0.668 e. The summed E-state index contributed by atoms with van der Waals surface area (Å²) in [6.07, 6.45) is 2.33. The molecule has 0 unspecified atom stereocenters. The minimum Gasteiger partial charge on any atom is -0.512 e. The summed E-state index contributed by atoms with van der Waals surface area (Å²) in [6.45, 7) is 7.32. The number of hydrogen-bond acceptors (Lipinski definition) is 10. The first kappa shape index (κ1) is 38.9. The maximum absolute atomic E-state index is 10.0. The van der Waals surface area contributed by atoms with Gasteiger partial charge in [-0.15, -0.1) is 0 Å². The zero-order valence-electron chi connectivity index (χ0n) is 18.9. The van der Waals surface area contributed by atoms with Crippen molar-refractivity contribution in [2.45, 2.75) is 34.2 Å². The Morgan fingerprint density at radius 1 is 0.759 bits per heavy atom. The van der Waals surface area contributed by atoms with Gasteiger partial charge in [0.05, 0.1) is 11.5 Å². The Hall–Kier alpha value is -0.672. The number of carbonyl (C=O) groups is 2. The van der Waals surface area contributed by atoms with Crippen molar-refractivity contribution in [2.75, 3.05) is 28.4 Å². The van der Waals surface area contributed by atoms with Gasteiger partial charge in [-0.1, -0.05) is 0 Å². The van der Waals surface area contributed by atoms with Gasteiger partial charge in [0, 0.05) is 68.9 Å². The number of allylic oxidation sites excluding steroid dienone is 4. The molecule has 0 aliphatic rings. The van der Waals surface area contributed by atoms with Gasteiger partial charge in [-0.25, -0.2) is 0 Å². The third kappa shape index (κ3) is 27.3. The number of aliphatic hydroxyl groups excluding tert-OH is 2. The molecule has 0 aromatic rings. The molecule has 10 nitrogen and oxygen atoms in total. The van der Waals surface area contributed by atoms with E-state index in [2.05, 4.69) is 0 Å². The first-order valence-electron chi connectivity index (χ1n) is 7.59. The van der Waals surface area contributed by atoms with E-state index in [0.29, 0.717) is 0 Å². The topological polar surface area (TPSA) is 141 Å². The van der Waals surface area contributed by atoms with E-state index < -0.39 is 17.9 Å². The molecule has 0 bridgehead atoms. The van der Waals surface area contributed by atoms with Crippen molar-refractivity contribution in [3.8, 4) is 0 Å². The standard InChI is InChI=1S/C5H16O6Si2.2C5H8O2.CH3.Ti/c1-7-12(5,8-2)11-13(6,9-3)10-4;2*1-4(6)3-5(2)7;;/h6H,1-5H3;2*3,6H,1-2H3;1H3;/q;;;-1;. The Labute approximate surface area is 191 Å². The van der Waals surface area contributed by atoms with Crippen LogP contribution in [0.1, 0.15) is 27.7 Å². The van der Waals surface area contributed by atoms with Crippen LogP contribution in [-0.4, -0.2) is 72.9 Å². The number of hydrogen-bond donors (Lipinski definition) is 3. The number of carbonyl (C=O) groups excluding carboxylic acids is 2. The molecule has 0 amide bonds. The molecule has 0 saturated carbocycles. The molecule has 0 aliphatic carbocycles. The fourth-order valence-electron chi connectivity index (χ4n) is 1.16. The Balaban J connectivity index is -0.000000104. The average Bonchev–Trinajstić information content (AvgIpc) is 2.53. The van der Waals surface area contributed by atoms with Crippen LogP contribution in [0.25, 0.3) is 0 Å². The summed E-state index contributed by atoms with van der Waals surface area (Å²) in [4.78, 5) is 29.6. The van der Waals surface area contributed by atoms with Crippen LogP contribution in [0.2, 0.25) is 6.55 Å². The van der Waals surface area contributed by atoms with E-state index in [-0.39, 0.29) is 52.2 Å². The Bertz CT molecular complexity index is 452. The van der Waals surface area contributed by atoms with E-state index in [1.54, 1.807) is 6.55 Å². The maximum Gasteiger partial charge on any atom is 0.668 e. The molecular formula is C16H35O10Si2Ti-. The summed E-state index contributed by atoms with van der Waals surface area (Å²) in [7, 11) is -0.892. The quantitative estimate of drug-likeness (QED) is 0.200. The zero-order chi connectivity index (χ0) is 22.3. The second-order valence-electron chi connectivity index (χ2n) is 5.10. The molecule has 0 atom stereocenters. The van der Waals surface area contributed by atoms with Crippen LogP contribution in [0.3, 0.4) is 0 Å². The second-order valence-corrected chi connectivity index (χ2v) is 10.3. The van der Waals surface area contributed by atoms with Crippen molar-refractivity contribution in [3.05, 3.63) is 31.1 Å². The van der Waals surface area contributed by atoms with Gasteiger partial charge in [-0.2, -0.15) is 0 Å². The summed E-state index contributed by atoms with van der Waals surface area (Å²) in [5.41, 5.74) is 0. The average molecular weight is 491 g/mol. The smallest absolute Gasteiger partial charge is 0.512 e. The molecule has 0 spiro atoms. The van der Waals surface area contributed by atoms with Gasteiger partial charge in [0.15, 0.2) is 11.6 Å². The minimum atomic E-state index is -3.56. The molecule has 0 aliphatic heterocycles. The van der Waals surface area contributed by atoms with Gasteiger partial charge >= 0.3 is 17.9 Å². The molecule has 0 rings (SSSR count). The van der Waals surface area contributed by atoms with Crippen LogP contribution < -0.4 is 0 Å². The molecule has 0 aromatic carbocycles. The van der Waals surface area contributed by atoms with Crippen molar-refractivity contribution in [1.82, 2.24) is 0 Å². The van der Waals surface area contributed by atoms with Gasteiger partial charge < -0.3 is 44.3 Å². The van der Waals surface area contributed by atoms with Crippen molar-refractivity contribution in [2.24, 2.45) is 0 Å². The van der Waals surface area contributed by atoms with Crippen molar-refractivity contribution < 1.29 is 68.1 Å². The molecule has 29 heavy (non-hydrogen) atoms. The fraction of sp³-hybridized carbons (Fsp3) is 0.562. The van der Waals surface area contributed by atoms with Gasteiger partial charge in [0.2, 0.25) is 0 Å². The second kappa shape index (κ2) is 20.6. The summed E-state index contributed by atoms with van der Waals surface area (Å²) in [5, 5.41) is 16.7. The molecule has 0 saturated heterocycles. The SMILES string of the molecule is CC(=O)C=C(C)O.CC(=O)C=C(C)O.CO[Si](C)(OC)O[Si](O)(OC)OC.[CH3-].[Ti]. The summed E-state index contributed by atoms with van der Waals surface area (Å²) >= 11 is 0. The molecule has 172 valence electrons. The van der Waals surface area contributed by atoms with Gasteiger partial charge in [0.1, 0.15) is 0 Å². The first-order chi connectivity index (χ1) is 12.2. The first-order valence-corrected chi connectivity index (χ1v) is 11.5. The molecule has 0 fully saturated rings. The molecule has 0 aromatic heterocycles. The van der Waals surface area contributed by atoms with Crippen LogP contribution in [0, 0.1) is 7.43 Å². The third-order valence-corrected chi connectivity index (χ3v) is 7.43. The molecule has 0 heterocycles. The normalized spacial score (nSPS) is 11.5. The Morgan fingerprint density at radius 2 is 1.03 bits per heavy atom.